The van der Waals surface area contributed by atoms with Crippen LogP contribution in [-0.2, 0) is 16.4 Å². The molecule has 2 unspecified atom stereocenters. The number of primary sulfonamides is 1. The van der Waals surface area contributed by atoms with E-state index in [1.54, 1.807) is 38.1 Å². The Morgan fingerprint density at radius 3 is 2.41 bits per heavy atom. The van der Waals surface area contributed by atoms with Gasteiger partial charge in [0, 0.05) is 11.4 Å². The van der Waals surface area contributed by atoms with Crippen molar-refractivity contribution < 1.29 is 23.0 Å². The molecule has 0 spiro atoms. The fourth-order valence-corrected chi connectivity index (χ4v) is 7.39. The minimum atomic E-state index is -3.77. The Balaban J connectivity index is 1.41. The van der Waals surface area contributed by atoms with Crippen LogP contribution < -0.4 is 14.6 Å². The number of benzene rings is 3. The van der Waals surface area contributed by atoms with Crippen LogP contribution in [0.5, 0.6) is 11.5 Å². The van der Waals surface area contributed by atoms with E-state index in [1.807, 2.05) is 24.3 Å². The van der Waals surface area contributed by atoms with E-state index in [0.717, 1.165) is 71.5 Å². The molecule has 8 nitrogen and oxygen atoms in total. The Morgan fingerprint density at radius 1 is 1.03 bits per heavy atom. The summed E-state index contributed by atoms with van der Waals surface area (Å²) in [5, 5.41) is 19.6. The minimum Gasteiger partial charge on any atom is -0.496 e. The highest BCUT2D eigenvalue weighted by molar-refractivity contribution is 8.14. The smallest absolute Gasteiger partial charge is 0.238 e. The number of hydrogen-bond donors (Lipinski definition) is 2. The molecule has 3 N–H and O–H groups in total. The third-order valence-corrected chi connectivity index (χ3v) is 9.84. The number of amidine groups is 1. The molecule has 2 fully saturated rings. The van der Waals surface area contributed by atoms with Gasteiger partial charge < -0.3 is 19.5 Å². The molecule has 2 atom stereocenters. The molecule has 2 aliphatic rings. The molecule has 1 aliphatic carbocycles. The van der Waals surface area contributed by atoms with Crippen molar-refractivity contribution in [3.05, 3.63) is 60.2 Å². The van der Waals surface area contributed by atoms with Gasteiger partial charge in [-0.25, -0.2) is 18.5 Å². The first kappa shape index (κ1) is 27.8. The van der Waals surface area contributed by atoms with E-state index < -0.39 is 16.3 Å². The zero-order valence-corrected chi connectivity index (χ0v) is 23.9. The summed E-state index contributed by atoms with van der Waals surface area (Å²) in [5.74, 6) is 1.64. The number of fused-ring (bicyclic) bond motifs is 1. The summed E-state index contributed by atoms with van der Waals surface area (Å²) < 4.78 is 34.6. The largest absolute Gasteiger partial charge is 0.496 e. The molecule has 10 heteroatoms. The van der Waals surface area contributed by atoms with Crippen molar-refractivity contribution >= 4 is 43.4 Å². The first-order valence-electron chi connectivity index (χ1n) is 13.3. The zero-order valence-electron chi connectivity index (χ0n) is 22.2. The van der Waals surface area contributed by atoms with E-state index in [4.69, 9.17) is 19.6 Å². The standard InChI is InChI=1S/C29H35N3O5S2/c1-36-25-10-6-7-19-18-26(37-2)20(17-24(19)25)11-16-27-28(33)32(22-8-4-3-5-9-22)29(38-27)31-21-12-14-23(15-13-21)39(30,34)35/h6-7,10,12-15,17-18,22,27-28,33H,3-5,8-9,11,16H2,1-2H3,(H2,30,34,35). The van der Waals surface area contributed by atoms with Crippen molar-refractivity contribution in [3.8, 4) is 11.5 Å². The van der Waals surface area contributed by atoms with Crippen molar-refractivity contribution in [1.82, 2.24) is 4.90 Å². The van der Waals surface area contributed by atoms with Crippen LogP contribution in [-0.4, -0.2) is 55.3 Å². The van der Waals surface area contributed by atoms with E-state index in [0.29, 0.717) is 5.69 Å². The summed E-state index contributed by atoms with van der Waals surface area (Å²) >= 11 is 1.59. The normalized spacial score (nSPS) is 21.5. The maximum Gasteiger partial charge on any atom is 0.238 e. The van der Waals surface area contributed by atoms with Crippen molar-refractivity contribution in [1.29, 1.82) is 0 Å². The molecule has 208 valence electrons. The fourth-order valence-electron chi connectivity index (χ4n) is 5.58. The summed E-state index contributed by atoms with van der Waals surface area (Å²) in [6.07, 6.45) is 6.31. The van der Waals surface area contributed by atoms with Gasteiger partial charge in [-0.05, 0) is 79.1 Å². The molecule has 5 rings (SSSR count). The summed E-state index contributed by atoms with van der Waals surface area (Å²) in [5.41, 5.74) is 1.69. The zero-order chi connectivity index (χ0) is 27.6. The van der Waals surface area contributed by atoms with Gasteiger partial charge in [-0.2, -0.15) is 0 Å². The van der Waals surface area contributed by atoms with Gasteiger partial charge in [-0.15, -0.1) is 0 Å². The predicted octanol–water partition coefficient (Wildman–Crippen LogP) is 5.19. The molecule has 39 heavy (non-hydrogen) atoms. The van der Waals surface area contributed by atoms with E-state index in [9.17, 15) is 13.5 Å². The Bertz CT molecular complexity index is 1450. The van der Waals surface area contributed by atoms with E-state index in [1.165, 1.54) is 18.6 Å². The lowest BCUT2D eigenvalue weighted by Crippen LogP contribution is -2.45. The van der Waals surface area contributed by atoms with Gasteiger partial charge in [0.15, 0.2) is 5.17 Å². The topological polar surface area (TPSA) is 114 Å². The minimum absolute atomic E-state index is 0.0496. The quantitative estimate of drug-likeness (QED) is 0.384. The second kappa shape index (κ2) is 11.8. The number of nitrogens with two attached hydrogens (primary N) is 1. The predicted molar refractivity (Wildman–Crippen MR) is 156 cm³/mol. The van der Waals surface area contributed by atoms with E-state index in [2.05, 4.69) is 11.0 Å². The number of hydrogen-bond acceptors (Lipinski definition) is 7. The van der Waals surface area contributed by atoms with Crippen LogP contribution in [0, 0.1) is 0 Å². The molecule has 1 saturated heterocycles. The molecule has 0 aromatic heterocycles. The number of ether oxygens (including phenoxy) is 2. The molecule has 0 amide bonds. The van der Waals surface area contributed by atoms with Gasteiger partial charge in [0.25, 0.3) is 0 Å². The molecule has 3 aromatic carbocycles. The van der Waals surface area contributed by atoms with Crippen molar-refractivity contribution in [2.24, 2.45) is 10.1 Å². The van der Waals surface area contributed by atoms with Gasteiger partial charge in [0.1, 0.15) is 17.7 Å². The third kappa shape index (κ3) is 6.04. The number of nitrogens with zero attached hydrogens (tertiary/aromatic N) is 2. The number of rotatable bonds is 8. The van der Waals surface area contributed by atoms with Crippen molar-refractivity contribution in [2.75, 3.05) is 14.2 Å². The Labute approximate surface area is 234 Å². The molecule has 1 saturated carbocycles. The highest BCUT2D eigenvalue weighted by Gasteiger charge is 2.41. The fraction of sp³-hybridized carbons (Fsp3) is 0.414. The first-order valence-corrected chi connectivity index (χ1v) is 15.7. The van der Waals surface area contributed by atoms with Crippen LogP contribution in [0.25, 0.3) is 10.8 Å². The second-order valence-corrected chi connectivity index (χ2v) is 12.9. The highest BCUT2D eigenvalue weighted by atomic mass is 32.2. The van der Waals surface area contributed by atoms with Crippen LogP contribution in [0.1, 0.15) is 44.1 Å². The van der Waals surface area contributed by atoms with Crippen LogP contribution >= 0.6 is 11.8 Å². The SMILES string of the molecule is COc1cc2cccc(OC)c2cc1CCC1SC(=Nc2ccc(S(N)(=O)=O)cc2)N(C2CCCCC2)C1O. The van der Waals surface area contributed by atoms with Gasteiger partial charge >= 0.3 is 0 Å². The number of methoxy groups -OCH3 is 2. The molecule has 0 bridgehead atoms. The monoisotopic (exact) mass is 569 g/mol. The van der Waals surface area contributed by atoms with Crippen LogP contribution in [0.2, 0.25) is 0 Å². The highest BCUT2D eigenvalue weighted by Crippen LogP contribution is 2.40. The molecule has 3 aromatic rings. The van der Waals surface area contributed by atoms with E-state index in [-0.39, 0.29) is 16.2 Å². The second-order valence-electron chi connectivity index (χ2n) is 10.1. The van der Waals surface area contributed by atoms with Crippen molar-refractivity contribution in [2.45, 2.75) is 67.4 Å². The van der Waals surface area contributed by atoms with Crippen LogP contribution in [0.15, 0.2) is 64.5 Å². The summed E-state index contributed by atoms with van der Waals surface area (Å²) in [6.45, 7) is 0. The van der Waals surface area contributed by atoms with E-state index >= 15 is 0 Å². The average Bonchev–Trinajstić information content (AvgIpc) is 3.25. The molecule has 0 radical (unpaired) electrons. The van der Waals surface area contributed by atoms with Crippen LogP contribution in [0.3, 0.4) is 0 Å². The molecular weight excluding hydrogens is 534 g/mol. The molecule has 1 aliphatic heterocycles. The van der Waals surface area contributed by atoms with Crippen LogP contribution in [0.4, 0.5) is 5.69 Å². The number of aryl methyl sites for hydroxylation is 1. The third-order valence-electron chi connectivity index (χ3n) is 7.61. The van der Waals surface area contributed by atoms with Crippen molar-refractivity contribution in [3.63, 3.8) is 0 Å². The Kier molecular flexibility index (Phi) is 8.37. The maximum atomic E-state index is 11.7. The van der Waals surface area contributed by atoms with Gasteiger partial charge in [-0.3, -0.25) is 0 Å². The number of thioether (sulfide) groups is 1. The number of aliphatic imine (C=N–C) groups is 1. The number of sulfonamides is 1. The van der Waals surface area contributed by atoms with Gasteiger partial charge in [0.2, 0.25) is 10.0 Å². The lowest BCUT2D eigenvalue weighted by atomic mass is 9.94. The van der Waals surface area contributed by atoms with Gasteiger partial charge in [-0.1, -0.05) is 43.2 Å². The Hall–Kier alpha value is -2.79. The molecule has 1 heterocycles. The lowest BCUT2D eigenvalue weighted by Gasteiger charge is -2.35. The first-order chi connectivity index (χ1) is 18.8. The molecular formula is C29H35N3O5S2. The lowest BCUT2D eigenvalue weighted by molar-refractivity contribution is 0.0233. The maximum absolute atomic E-state index is 11.7. The summed E-state index contributed by atoms with van der Waals surface area (Å²) in [4.78, 5) is 7.00. The average molecular weight is 570 g/mol. The summed E-state index contributed by atoms with van der Waals surface area (Å²) in [6, 6.07) is 16.6. The Morgan fingerprint density at radius 2 is 1.74 bits per heavy atom. The van der Waals surface area contributed by atoms with Gasteiger partial charge in [0.05, 0.1) is 30.1 Å². The number of aliphatic hydroxyl groups is 1. The number of aliphatic hydroxyl groups excluding tert-OH is 1. The summed E-state index contributed by atoms with van der Waals surface area (Å²) in [7, 11) is -0.417.